The summed E-state index contributed by atoms with van der Waals surface area (Å²) < 4.78 is 16.7. The van der Waals surface area contributed by atoms with E-state index in [0.717, 1.165) is 3.57 Å². The van der Waals surface area contributed by atoms with Crippen LogP contribution in [0.3, 0.4) is 0 Å². The van der Waals surface area contributed by atoms with Crippen LogP contribution in [0.15, 0.2) is 36.5 Å². The highest BCUT2D eigenvalue weighted by Gasteiger charge is 2.23. The highest BCUT2D eigenvalue weighted by molar-refractivity contribution is 14.1. The summed E-state index contributed by atoms with van der Waals surface area (Å²) in [5, 5.41) is 12.4. The van der Waals surface area contributed by atoms with Gasteiger partial charge in [0.25, 0.3) is 5.91 Å². The smallest absolute Gasteiger partial charge is 0.279 e. The molecule has 0 bridgehead atoms. The SMILES string of the molecule is Cn1c(Nc2cc(I)ccc2F)c(C(=O)NOCCO)c2cccnc21. The Morgan fingerprint density at radius 3 is 3.00 bits per heavy atom. The Morgan fingerprint density at radius 2 is 2.23 bits per heavy atom. The number of hydrogen-bond acceptors (Lipinski definition) is 5. The van der Waals surface area contributed by atoms with Crippen molar-refractivity contribution in [1.29, 1.82) is 0 Å². The number of nitrogens with one attached hydrogen (secondary N) is 2. The molecule has 2 heterocycles. The minimum atomic E-state index is -0.523. The van der Waals surface area contributed by atoms with Crippen molar-refractivity contribution < 1.29 is 19.1 Å². The first-order valence-electron chi connectivity index (χ1n) is 7.71. The van der Waals surface area contributed by atoms with E-state index in [-0.39, 0.29) is 24.5 Å². The molecule has 2 aromatic heterocycles. The van der Waals surface area contributed by atoms with Crippen LogP contribution in [0, 0.1) is 9.39 Å². The van der Waals surface area contributed by atoms with E-state index in [2.05, 4.69) is 38.4 Å². The monoisotopic (exact) mass is 470 g/mol. The predicted molar refractivity (Wildman–Crippen MR) is 104 cm³/mol. The molecule has 26 heavy (non-hydrogen) atoms. The molecule has 3 N–H and O–H groups in total. The molecule has 0 aliphatic heterocycles. The zero-order valence-electron chi connectivity index (χ0n) is 13.8. The molecule has 0 saturated carbocycles. The standard InChI is InChI=1S/C17H16FIN4O3/c1-23-15-11(3-2-6-20-15)14(17(25)22-26-8-7-24)16(23)21-13-9-10(19)4-5-12(13)18/h2-6,9,21,24H,7-8H2,1H3,(H,22,25). The number of hydroxylamine groups is 1. The van der Waals surface area contributed by atoms with Gasteiger partial charge in [0.1, 0.15) is 17.3 Å². The lowest BCUT2D eigenvalue weighted by atomic mass is 10.2. The number of benzene rings is 1. The van der Waals surface area contributed by atoms with Crippen LogP contribution in [-0.2, 0) is 11.9 Å². The molecule has 0 aliphatic carbocycles. The lowest BCUT2D eigenvalue weighted by Gasteiger charge is -2.12. The fourth-order valence-electron chi connectivity index (χ4n) is 2.57. The first kappa shape index (κ1) is 18.5. The van der Waals surface area contributed by atoms with Gasteiger partial charge in [-0.1, -0.05) is 0 Å². The van der Waals surface area contributed by atoms with E-state index >= 15 is 0 Å². The number of hydrogen-bond donors (Lipinski definition) is 3. The van der Waals surface area contributed by atoms with Gasteiger partial charge in [-0.25, -0.2) is 14.9 Å². The van der Waals surface area contributed by atoms with Crippen LogP contribution in [-0.4, -0.2) is 33.8 Å². The average molecular weight is 470 g/mol. The summed E-state index contributed by atoms with van der Waals surface area (Å²) in [4.78, 5) is 21.8. The van der Waals surface area contributed by atoms with E-state index in [1.165, 1.54) is 6.07 Å². The second-order valence-electron chi connectivity index (χ2n) is 5.41. The lowest BCUT2D eigenvalue weighted by molar-refractivity contribution is 0.0170. The summed E-state index contributed by atoms with van der Waals surface area (Å²) in [7, 11) is 1.73. The van der Waals surface area contributed by atoms with Crippen molar-refractivity contribution in [3.8, 4) is 0 Å². The van der Waals surface area contributed by atoms with Crippen molar-refractivity contribution in [2.45, 2.75) is 0 Å². The third-order valence-electron chi connectivity index (χ3n) is 3.71. The van der Waals surface area contributed by atoms with Crippen LogP contribution in [0.25, 0.3) is 11.0 Å². The number of rotatable bonds is 6. The topological polar surface area (TPSA) is 88.4 Å². The molecule has 0 radical (unpaired) electrons. The number of fused-ring (bicyclic) bond motifs is 1. The number of aliphatic hydroxyl groups excluding tert-OH is 1. The Balaban J connectivity index is 2.08. The van der Waals surface area contributed by atoms with Gasteiger partial charge < -0.3 is 15.0 Å². The van der Waals surface area contributed by atoms with Gasteiger partial charge in [-0.2, -0.15) is 0 Å². The summed E-state index contributed by atoms with van der Waals surface area (Å²) in [6, 6.07) is 8.11. The maximum absolute atomic E-state index is 14.2. The van der Waals surface area contributed by atoms with Crippen LogP contribution >= 0.6 is 22.6 Å². The number of carbonyl (C=O) groups excluding carboxylic acids is 1. The molecule has 3 rings (SSSR count). The number of pyridine rings is 1. The molecule has 7 nitrogen and oxygen atoms in total. The molecule has 136 valence electrons. The van der Waals surface area contributed by atoms with Crippen LogP contribution in [0.1, 0.15) is 10.4 Å². The van der Waals surface area contributed by atoms with Crippen molar-refractivity contribution in [2.75, 3.05) is 18.5 Å². The van der Waals surface area contributed by atoms with E-state index < -0.39 is 11.7 Å². The predicted octanol–water partition coefficient (Wildman–Crippen LogP) is 2.71. The number of aromatic nitrogens is 2. The quantitative estimate of drug-likeness (QED) is 0.293. The number of aryl methyl sites for hydroxylation is 1. The van der Waals surface area contributed by atoms with Crippen molar-refractivity contribution >= 4 is 51.0 Å². The van der Waals surface area contributed by atoms with Gasteiger partial charge in [0.15, 0.2) is 0 Å². The summed E-state index contributed by atoms with van der Waals surface area (Å²) in [6.45, 7) is -0.265. The molecule has 9 heteroatoms. The highest BCUT2D eigenvalue weighted by Crippen LogP contribution is 2.31. The molecule has 1 amide bonds. The van der Waals surface area contributed by atoms with Crippen LogP contribution in [0.5, 0.6) is 0 Å². The van der Waals surface area contributed by atoms with E-state index in [1.807, 2.05) is 0 Å². The Hall–Kier alpha value is -2.24. The Bertz CT molecular complexity index is 961. The molecule has 0 saturated heterocycles. The Labute approximate surface area is 162 Å². The van der Waals surface area contributed by atoms with Crippen molar-refractivity contribution in [3.05, 3.63) is 51.5 Å². The molecule has 3 aromatic rings. The van der Waals surface area contributed by atoms with E-state index in [1.54, 1.807) is 42.1 Å². The summed E-state index contributed by atoms with van der Waals surface area (Å²) >= 11 is 2.08. The minimum Gasteiger partial charge on any atom is -0.394 e. The zero-order valence-corrected chi connectivity index (χ0v) is 15.9. The molecular weight excluding hydrogens is 454 g/mol. The fourth-order valence-corrected chi connectivity index (χ4v) is 3.06. The fraction of sp³-hybridized carbons (Fsp3) is 0.176. The molecule has 0 spiro atoms. The first-order chi connectivity index (χ1) is 12.5. The Kier molecular flexibility index (Phi) is 5.69. The highest BCUT2D eigenvalue weighted by atomic mass is 127. The van der Waals surface area contributed by atoms with Gasteiger partial charge >= 0.3 is 0 Å². The average Bonchev–Trinajstić information content (AvgIpc) is 2.91. The molecular formula is C17H16FIN4O3. The van der Waals surface area contributed by atoms with E-state index in [0.29, 0.717) is 16.9 Å². The van der Waals surface area contributed by atoms with Gasteiger partial charge in [0, 0.05) is 22.2 Å². The zero-order chi connectivity index (χ0) is 18.7. The van der Waals surface area contributed by atoms with E-state index in [4.69, 9.17) is 9.94 Å². The molecule has 1 aromatic carbocycles. The van der Waals surface area contributed by atoms with Crippen molar-refractivity contribution in [3.63, 3.8) is 0 Å². The number of amides is 1. The summed E-state index contributed by atoms with van der Waals surface area (Å²) in [5.41, 5.74) is 3.36. The second kappa shape index (κ2) is 7.98. The normalized spacial score (nSPS) is 10.9. The van der Waals surface area contributed by atoms with Gasteiger partial charge in [-0.15, -0.1) is 0 Å². The number of halogens is 2. The first-order valence-corrected chi connectivity index (χ1v) is 8.79. The van der Waals surface area contributed by atoms with Gasteiger partial charge in [0.05, 0.1) is 24.5 Å². The van der Waals surface area contributed by atoms with Gasteiger partial charge in [-0.05, 0) is 52.9 Å². The largest absolute Gasteiger partial charge is 0.394 e. The third kappa shape index (κ3) is 3.64. The van der Waals surface area contributed by atoms with Crippen molar-refractivity contribution in [2.24, 2.45) is 7.05 Å². The van der Waals surface area contributed by atoms with Crippen LogP contribution < -0.4 is 10.8 Å². The van der Waals surface area contributed by atoms with Gasteiger partial charge in [-0.3, -0.25) is 9.63 Å². The van der Waals surface area contributed by atoms with Crippen LogP contribution in [0.2, 0.25) is 0 Å². The maximum atomic E-state index is 14.2. The minimum absolute atomic E-state index is 0.0387. The summed E-state index contributed by atoms with van der Waals surface area (Å²) in [6.07, 6.45) is 1.61. The number of nitrogens with zero attached hydrogens (tertiary/aromatic N) is 2. The number of carbonyl (C=O) groups is 1. The van der Waals surface area contributed by atoms with Crippen molar-refractivity contribution in [1.82, 2.24) is 15.0 Å². The third-order valence-corrected chi connectivity index (χ3v) is 4.38. The molecule has 0 atom stereocenters. The maximum Gasteiger partial charge on any atom is 0.279 e. The molecule has 0 unspecified atom stereocenters. The Morgan fingerprint density at radius 1 is 1.42 bits per heavy atom. The molecule has 0 aliphatic rings. The number of anilines is 2. The molecule has 0 fully saturated rings. The summed E-state index contributed by atoms with van der Waals surface area (Å²) in [5.74, 6) is -0.582. The number of aliphatic hydroxyl groups is 1. The van der Waals surface area contributed by atoms with Crippen LogP contribution in [0.4, 0.5) is 15.9 Å². The van der Waals surface area contributed by atoms with Gasteiger partial charge in [0.2, 0.25) is 0 Å². The lowest BCUT2D eigenvalue weighted by Crippen LogP contribution is -2.25. The second-order valence-corrected chi connectivity index (χ2v) is 6.66. The van der Waals surface area contributed by atoms with E-state index in [9.17, 15) is 9.18 Å².